The summed E-state index contributed by atoms with van der Waals surface area (Å²) in [6.45, 7) is 0. The van der Waals surface area contributed by atoms with Gasteiger partial charge in [0.1, 0.15) is 5.69 Å². The number of halogens is 3. The van der Waals surface area contributed by atoms with Gasteiger partial charge in [-0.3, -0.25) is 4.98 Å². The number of rotatable bonds is 3. The third-order valence-corrected chi connectivity index (χ3v) is 2.07. The van der Waals surface area contributed by atoms with Crippen LogP contribution in [0, 0.1) is 0 Å². The van der Waals surface area contributed by atoms with Crippen LogP contribution < -0.4 is 0 Å². The second kappa shape index (κ2) is 5.02. The molecule has 0 atom stereocenters. The molecule has 0 aliphatic carbocycles. The Morgan fingerprint density at radius 2 is 2.33 bits per heavy atom. The minimum absolute atomic E-state index is 0.0148. The SMILES string of the molecule is COC(=O)c1cc(C(F)F)ncc1CCl. The van der Waals surface area contributed by atoms with Crippen molar-refractivity contribution in [3.63, 3.8) is 0 Å². The zero-order valence-corrected chi connectivity index (χ0v) is 8.59. The van der Waals surface area contributed by atoms with Crippen LogP contribution in [0.15, 0.2) is 12.3 Å². The van der Waals surface area contributed by atoms with Gasteiger partial charge < -0.3 is 4.74 Å². The van der Waals surface area contributed by atoms with E-state index in [1.165, 1.54) is 7.11 Å². The van der Waals surface area contributed by atoms with Gasteiger partial charge in [-0.2, -0.15) is 0 Å². The summed E-state index contributed by atoms with van der Waals surface area (Å²) in [7, 11) is 1.17. The van der Waals surface area contributed by atoms with Crippen LogP contribution in [0.25, 0.3) is 0 Å². The van der Waals surface area contributed by atoms with Crippen LogP contribution >= 0.6 is 11.6 Å². The van der Waals surface area contributed by atoms with Crippen molar-refractivity contribution in [2.24, 2.45) is 0 Å². The molecule has 0 spiro atoms. The molecule has 1 aromatic rings. The summed E-state index contributed by atoms with van der Waals surface area (Å²) in [5.74, 6) is -0.684. The number of methoxy groups -OCH3 is 1. The third kappa shape index (κ3) is 2.62. The van der Waals surface area contributed by atoms with Crippen LogP contribution in [0.1, 0.15) is 28.0 Å². The van der Waals surface area contributed by atoms with Crippen molar-refractivity contribution in [2.75, 3.05) is 7.11 Å². The molecular formula is C9H8ClF2NO2. The number of carbonyl (C=O) groups excluding carboxylic acids is 1. The fourth-order valence-corrected chi connectivity index (χ4v) is 1.24. The zero-order valence-electron chi connectivity index (χ0n) is 7.84. The van der Waals surface area contributed by atoms with Crippen molar-refractivity contribution < 1.29 is 18.3 Å². The Labute approximate surface area is 90.0 Å². The van der Waals surface area contributed by atoms with Crippen LogP contribution in [-0.2, 0) is 10.6 Å². The second-order valence-electron chi connectivity index (χ2n) is 2.69. The summed E-state index contributed by atoms with van der Waals surface area (Å²) in [5.41, 5.74) is -0.0741. The van der Waals surface area contributed by atoms with E-state index in [2.05, 4.69) is 9.72 Å². The molecule has 0 saturated carbocycles. The van der Waals surface area contributed by atoms with Gasteiger partial charge in [-0.25, -0.2) is 13.6 Å². The van der Waals surface area contributed by atoms with Gasteiger partial charge in [0.25, 0.3) is 6.43 Å². The Bertz CT molecular complexity index is 371. The predicted octanol–water partition coefficient (Wildman–Crippen LogP) is 2.54. The van der Waals surface area contributed by atoms with Crippen LogP contribution in [0.4, 0.5) is 8.78 Å². The van der Waals surface area contributed by atoms with E-state index in [0.29, 0.717) is 5.56 Å². The standard InChI is InChI=1S/C9H8ClF2NO2/c1-15-9(14)6-2-7(8(11)12)13-4-5(6)3-10/h2,4,8H,3H2,1H3. The highest BCUT2D eigenvalue weighted by Crippen LogP contribution is 2.20. The molecule has 0 amide bonds. The van der Waals surface area contributed by atoms with Gasteiger partial charge in [-0.15, -0.1) is 11.6 Å². The fraction of sp³-hybridized carbons (Fsp3) is 0.333. The molecule has 0 aliphatic heterocycles. The summed E-state index contributed by atoms with van der Waals surface area (Å²) in [4.78, 5) is 14.7. The Morgan fingerprint density at radius 3 is 2.80 bits per heavy atom. The van der Waals surface area contributed by atoms with Crippen molar-refractivity contribution in [2.45, 2.75) is 12.3 Å². The number of esters is 1. The molecule has 0 aliphatic rings. The summed E-state index contributed by atoms with van der Waals surface area (Å²) < 4.78 is 29.0. The molecule has 15 heavy (non-hydrogen) atoms. The first-order valence-corrected chi connectivity index (χ1v) is 4.54. The zero-order chi connectivity index (χ0) is 11.4. The van der Waals surface area contributed by atoms with E-state index in [9.17, 15) is 13.6 Å². The van der Waals surface area contributed by atoms with Crippen LogP contribution in [-0.4, -0.2) is 18.1 Å². The lowest BCUT2D eigenvalue weighted by Gasteiger charge is -2.06. The topological polar surface area (TPSA) is 39.2 Å². The predicted molar refractivity (Wildman–Crippen MR) is 50.1 cm³/mol. The van der Waals surface area contributed by atoms with Crippen molar-refractivity contribution in [3.8, 4) is 0 Å². The maximum atomic E-state index is 12.3. The highest BCUT2D eigenvalue weighted by molar-refractivity contribution is 6.17. The Hall–Kier alpha value is -1.23. The van der Waals surface area contributed by atoms with E-state index in [-0.39, 0.29) is 11.4 Å². The maximum absolute atomic E-state index is 12.3. The number of aromatic nitrogens is 1. The van der Waals surface area contributed by atoms with Gasteiger partial charge in [0.05, 0.1) is 12.7 Å². The molecule has 82 valence electrons. The first-order chi connectivity index (χ1) is 7.10. The van der Waals surface area contributed by atoms with E-state index in [1.54, 1.807) is 0 Å². The van der Waals surface area contributed by atoms with Crippen LogP contribution in [0.5, 0.6) is 0 Å². The lowest BCUT2D eigenvalue weighted by atomic mass is 10.1. The molecule has 0 bridgehead atoms. The van der Waals surface area contributed by atoms with E-state index < -0.39 is 18.1 Å². The number of carbonyl (C=O) groups is 1. The number of hydrogen-bond acceptors (Lipinski definition) is 3. The smallest absolute Gasteiger partial charge is 0.338 e. The molecule has 1 rings (SSSR count). The monoisotopic (exact) mass is 235 g/mol. The number of alkyl halides is 3. The number of nitrogens with zero attached hydrogens (tertiary/aromatic N) is 1. The van der Waals surface area contributed by atoms with Gasteiger partial charge in [-0.1, -0.05) is 0 Å². The number of ether oxygens (including phenoxy) is 1. The Morgan fingerprint density at radius 1 is 1.67 bits per heavy atom. The van der Waals surface area contributed by atoms with Crippen molar-refractivity contribution in [1.82, 2.24) is 4.98 Å². The molecule has 0 N–H and O–H groups in total. The highest BCUT2D eigenvalue weighted by Gasteiger charge is 2.16. The lowest BCUT2D eigenvalue weighted by molar-refractivity contribution is 0.0599. The van der Waals surface area contributed by atoms with Gasteiger partial charge in [-0.05, 0) is 11.6 Å². The molecule has 0 unspecified atom stereocenters. The average molecular weight is 236 g/mol. The summed E-state index contributed by atoms with van der Waals surface area (Å²) in [6, 6.07) is 0.994. The van der Waals surface area contributed by atoms with Gasteiger partial charge >= 0.3 is 5.97 Å². The number of hydrogen-bond donors (Lipinski definition) is 0. The fourth-order valence-electron chi connectivity index (χ4n) is 1.03. The Kier molecular flexibility index (Phi) is 3.96. The van der Waals surface area contributed by atoms with Gasteiger partial charge in [0.15, 0.2) is 0 Å². The normalized spacial score (nSPS) is 10.5. The van der Waals surface area contributed by atoms with E-state index in [1.807, 2.05) is 0 Å². The minimum atomic E-state index is -2.72. The molecule has 3 nitrogen and oxygen atoms in total. The molecular weight excluding hydrogens is 228 g/mol. The van der Waals surface area contributed by atoms with Gasteiger partial charge in [0, 0.05) is 12.1 Å². The van der Waals surface area contributed by atoms with Gasteiger partial charge in [0.2, 0.25) is 0 Å². The van der Waals surface area contributed by atoms with E-state index in [0.717, 1.165) is 12.3 Å². The van der Waals surface area contributed by atoms with Crippen molar-refractivity contribution in [1.29, 1.82) is 0 Å². The van der Waals surface area contributed by atoms with Crippen molar-refractivity contribution >= 4 is 17.6 Å². The summed E-state index contributed by atoms with van der Waals surface area (Å²) in [6.07, 6.45) is -1.57. The molecule has 1 heterocycles. The largest absolute Gasteiger partial charge is 0.465 e. The Balaban J connectivity index is 3.19. The molecule has 0 aromatic carbocycles. The summed E-state index contributed by atoms with van der Waals surface area (Å²) in [5, 5.41) is 0. The molecule has 6 heteroatoms. The number of pyridine rings is 1. The van der Waals surface area contributed by atoms with Crippen LogP contribution in [0.2, 0.25) is 0 Å². The summed E-state index contributed by atoms with van der Waals surface area (Å²) >= 11 is 5.53. The average Bonchev–Trinajstić information content (AvgIpc) is 2.27. The third-order valence-electron chi connectivity index (χ3n) is 1.78. The van der Waals surface area contributed by atoms with Crippen molar-refractivity contribution in [3.05, 3.63) is 29.1 Å². The van der Waals surface area contributed by atoms with E-state index in [4.69, 9.17) is 11.6 Å². The quantitative estimate of drug-likeness (QED) is 0.597. The molecule has 0 radical (unpaired) electrons. The maximum Gasteiger partial charge on any atom is 0.338 e. The van der Waals surface area contributed by atoms with Crippen LogP contribution in [0.3, 0.4) is 0 Å². The van der Waals surface area contributed by atoms with E-state index >= 15 is 0 Å². The molecule has 1 aromatic heterocycles. The first-order valence-electron chi connectivity index (χ1n) is 4.01. The minimum Gasteiger partial charge on any atom is -0.465 e. The first kappa shape index (κ1) is 11.8. The molecule has 0 fully saturated rings. The highest BCUT2D eigenvalue weighted by atomic mass is 35.5. The second-order valence-corrected chi connectivity index (χ2v) is 2.96. The molecule has 0 saturated heterocycles. The lowest BCUT2D eigenvalue weighted by Crippen LogP contribution is -2.07.